The molecule has 32 heavy (non-hydrogen) atoms. The number of benzene rings is 1. The van der Waals surface area contributed by atoms with Gasteiger partial charge in [0, 0.05) is 31.1 Å². The summed E-state index contributed by atoms with van der Waals surface area (Å²) in [6, 6.07) is 4.65. The lowest BCUT2D eigenvalue weighted by Crippen LogP contribution is -2.48. The fraction of sp³-hybridized carbons (Fsp3) is 0.333. The fourth-order valence-corrected chi connectivity index (χ4v) is 3.29. The molecule has 0 spiro atoms. The van der Waals surface area contributed by atoms with E-state index in [1.165, 1.54) is 6.33 Å². The van der Waals surface area contributed by atoms with Gasteiger partial charge in [0.15, 0.2) is 17.3 Å². The first-order valence-corrected chi connectivity index (χ1v) is 9.09. The first kappa shape index (κ1) is 23.2. The normalized spacial score (nSPS) is 18.9. The minimum absolute atomic E-state index is 0.119. The fourth-order valence-electron chi connectivity index (χ4n) is 3.29. The Hall–Kier alpha value is -3.42. The lowest BCUT2D eigenvalue weighted by atomic mass is 9.85. The molecule has 2 atom stereocenters. The zero-order valence-electron chi connectivity index (χ0n) is 16.1. The molecule has 1 aliphatic heterocycles. The first-order valence-electron chi connectivity index (χ1n) is 9.09. The number of carbonyl (C=O) groups is 1. The summed E-state index contributed by atoms with van der Waals surface area (Å²) in [5.41, 5.74) is 6.95. The van der Waals surface area contributed by atoms with Crippen molar-refractivity contribution in [2.75, 3.05) is 18.0 Å². The minimum atomic E-state index is -5.08. The summed E-state index contributed by atoms with van der Waals surface area (Å²) in [4.78, 5) is 10.9. The molecule has 2 aromatic heterocycles. The molecule has 3 heterocycles. The maximum Gasteiger partial charge on any atom is 0.490 e. The number of nitrogens with zero attached hydrogens (tertiary/aromatic N) is 5. The van der Waals surface area contributed by atoms with Crippen LogP contribution in [0.1, 0.15) is 17.9 Å². The van der Waals surface area contributed by atoms with E-state index in [2.05, 4.69) is 15.3 Å². The van der Waals surface area contributed by atoms with E-state index in [-0.39, 0.29) is 11.5 Å². The van der Waals surface area contributed by atoms with Crippen molar-refractivity contribution in [3.63, 3.8) is 0 Å². The molecule has 4 rings (SSSR count). The van der Waals surface area contributed by atoms with Crippen LogP contribution in [0, 0.1) is 17.5 Å². The van der Waals surface area contributed by atoms with Gasteiger partial charge in [0.2, 0.25) is 0 Å². The Kier molecular flexibility index (Phi) is 6.52. The third-order valence-corrected chi connectivity index (χ3v) is 4.81. The second-order valence-corrected chi connectivity index (χ2v) is 6.92. The number of nitrogens with two attached hydrogens (primary N) is 1. The molecule has 0 bridgehead atoms. The summed E-state index contributed by atoms with van der Waals surface area (Å²) in [7, 11) is 0. The Labute approximate surface area is 176 Å². The highest BCUT2D eigenvalue weighted by Crippen LogP contribution is 2.32. The minimum Gasteiger partial charge on any atom is -0.475 e. The van der Waals surface area contributed by atoms with E-state index in [1.54, 1.807) is 10.6 Å². The van der Waals surface area contributed by atoms with E-state index in [1.807, 2.05) is 11.0 Å². The van der Waals surface area contributed by atoms with Gasteiger partial charge in [-0.3, -0.25) is 0 Å². The second kappa shape index (κ2) is 8.98. The summed E-state index contributed by atoms with van der Waals surface area (Å²) < 4.78 is 74.0. The summed E-state index contributed by atoms with van der Waals surface area (Å²) in [6.45, 7) is 0.987. The molecule has 8 nitrogen and oxygen atoms in total. The molecule has 0 aliphatic carbocycles. The maximum atomic E-state index is 14.0. The number of aromatic nitrogens is 4. The molecule has 1 aliphatic rings. The van der Waals surface area contributed by atoms with Crippen molar-refractivity contribution in [3.05, 3.63) is 53.6 Å². The van der Waals surface area contributed by atoms with Crippen molar-refractivity contribution in [1.29, 1.82) is 0 Å². The van der Waals surface area contributed by atoms with Gasteiger partial charge >= 0.3 is 12.1 Å². The van der Waals surface area contributed by atoms with Crippen molar-refractivity contribution < 1.29 is 36.2 Å². The number of hydrogen-bond acceptors (Lipinski definition) is 6. The van der Waals surface area contributed by atoms with Gasteiger partial charge in [-0.05, 0) is 30.2 Å². The summed E-state index contributed by atoms with van der Waals surface area (Å²) in [5.74, 6) is -5.47. The van der Waals surface area contributed by atoms with Crippen LogP contribution in [-0.4, -0.2) is 56.2 Å². The highest BCUT2D eigenvalue weighted by molar-refractivity contribution is 5.73. The number of aliphatic carboxylic acids is 1. The summed E-state index contributed by atoms with van der Waals surface area (Å²) in [6.07, 6.45) is -3.08. The van der Waals surface area contributed by atoms with Crippen LogP contribution in [0.3, 0.4) is 0 Å². The number of fused-ring (bicyclic) bond motifs is 1. The zero-order valence-corrected chi connectivity index (χ0v) is 16.1. The van der Waals surface area contributed by atoms with Gasteiger partial charge in [0.1, 0.15) is 18.0 Å². The number of carboxylic acids is 1. The molecule has 14 heteroatoms. The smallest absolute Gasteiger partial charge is 0.475 e. The summed E-state index contributed by atoms with van der Waals surface area (Å²) in [5, 5.41) is 19.2. The van der Waals surface area contributed by atoms with Gasteiger partial charge in [-0.25, -0.2) is 18.0 Å². The molecule has 0 saturated carbocycles. The SMILES string of the molecule is N[C@H]1CN(c2ccc3nncn3n2)CC[C@@H]1c1cc(F)c(F)cc1F.O=C(O)C(F)(F)F. The molecular formula is C18H16F6N6O2. The van der Waals surface area contributed by atoms with E-state index >= 15 is 0 Å². The maximum absolute atomic E-state index is 14.0. The van der Waals surface area contributed by atoms with Crippen LogP contribution in [0.4, 0.5) is 32.2 Å². The van der Waals surface area contributed by atoms with Gasteiger partial charge in [-0.2, -0.15) is 17.7 Å². The van der Waals surface area contributed by atoms with Crippen LogP contribution in [0.15, 0.2) is 30.6 Å². The van der Waals surface area contributed by atoms with E-state index in [9.17, 15) is 26.3 Å². The Balaban J connectivity index is 0.000000360. The number of alkyl halides is 3. The predicted octanol–water partition coefficient (Wildman–Crippen LogP) is 2.50. The number of rotatable bonds is 2. The van der Waals surface area contributed by atoms with Crippen LogP contribution < -0.4 is 10.6 Å². The molecule has 3 aromatic rings. The zero-order chi connectivity index (χ0) is 23.6. The number of hydrogen-bond donors (Lipinski definition) is 2. The lowest BCUT2D eigenvalue weighted by Gasteiger charge is -2.37. The van der Waals surface area contributed by atoms with Crippen LogP contribution in [0.5, 0.6) is 0 Å². The topological polar surface area (TPSA) is 110 Å². The van der Waals surface area contributed by atoms with Crippen LogP contribution in [0.2, 0.25) is 0 Å². The average molecular weight is 462 g/mol. The van der Waals surface area contributed by atoms with Crippen molar-refractivity contribution in [2.45, 2.75) is 24.6 Å². The highest BCUT2D eigenvalue weighted by atomic mass is 19.4. The van der Waals surface area contributed by atoms with Crippen molar-refractivity contribution in [3.8, 4) is 0 Å². The third-order valence-electron chi connectivity index (χ3n) is 4.81. The number of halogens is 6. The van der Waals surface area contributed by atoms with Crippen LogP contribution in [-0.2, 0) is 4.79 Å². The van der Waals surface area contributed by atoms with Gasteiger partial charge in [0.05, 0.1) is 0 Å². The molecule has 1 saturated heterocycles. The molecule has 172 valence electrons. The molecule has 0 radical (unpaired) electrons. The second-order valence-electron chi connectivity index (χ2n) is 6.92. The quantitative estimate of drug-likeness (QED) is 0.445. The Morgan fingerprint density at radius 3 is 2.41 bits per heavy atom. The Bertz CT molecular complexity index is 1120. The molecule has 0 amide bonds. The van der Waals surface area contributed by atoms with E-state index in [4.69, 9.17) is 15.6 Å². The van der Waals surface area contributed by atoms with Crippen LogP contribution in [0.25, 0.3) is 5.65 Å². The van der Waals surface area contributed by atoms with Gasteiger partial charge < -0.3 is 15.7 Å². The van der Waals surface area contributed by atoms with Gasteiger partial charge in [-0.1, -0.05) is 0 Å². The standard InChI is InChI=1S/C16H15F3N6.C2HF3O2/c17-11-6-13(19)12(18)5-10(11)9-3-4-24(7-14(9)20)16-2-1-15-22-21-8-25(15)23-16;3-2(4,5)1(6)7/h1-2,5-6,8-9,14H,3-4,7,20H2;(H,6,7)/t9-,14+;/m1./s1. The molecule has 1 aromatic carbocycles. The largest absolute Gasteiger partial charge is 0.490 e. The Morgan fingerprint density at radius 2 is 1.78 bits per heavy atom. The van der Waals surface area contributed by atoms with E-state index in [0.717, 1.165) is 6.07 Å². The van der Waals surface area contributed by atoms with Crippen molar-refractivity contribution in [2.24, 2.45) is 5.73 Å². The lowest BCUT2D eigenvalue weighted by molar-refractivity contribution is -0.192. The molecule has 0 unspecified atom stereocenters. The van der Waals surface area contributed by atoms with E-state index in [0.29, 0.717) is 37.0 Å². The molecular weight excluding hydrogens is 446 g/mol. The predicted molar refractivity (Wildman–Crippen MR) is 98.3 cm³/mol. The average Bonchev–Trinajstić information content (AvgIpc) is 3.18. The van der Waals surface area contributed by atoms with Gasteiger partial charge in [-0.15, -0.1) is 15.3 Å². The van der Waals surface area contributed by atoms with Gasteiger partial charge in [0.25, 0.3) is 0 Å². The highest BCUT2D eigenvalue weighted by Gasteiger charge is 2.38. The van der Waals surface area contributed by atoms with Crippen molar-refractivity contribution in [1.82, 2.24) is 19.8 Å². The first-order chi connectivity index (χ1) is 15.0. The number of piperidine rings is 1. The molecule has 3 N–H and O–H groups in total. The number of carboxylic acid groups (broad SMARTS) is 1. The van der Waals surface area contributed by atoms with Crippen LogP contribution >= 0.6 is 0 Å². The third kappa shape index (κ3) is 5.07. The number of anilines is 1. The molecule has 1 fully saturated rings. The summed E-state index contributed by atoms with van der Waals surface area (Å²) >= 11 is 0. The monoisotopic (exact) mass is 462 g/mol. The Morgan fingerprint density at radius 1 is 1.12 bits per heavy atom. The van der Waals surface area contributed by atoms with E-state index < -0.39 is 35.6 Å². The van der Waals surface area contributed by atoms with Crippen molar-refractivity contribution >= 4 is 17.4 Å².